The Bertz CT molecular complexity index is 1360. The number of ether oxygens (including phenoxy) is 1. The maximum Gasteiger partial charge on any atom is 0.173 e. The Balaban J connectivity index is 1.20. The van der Waals surface area contributed by atoms with Crippen LogP contribution in [-0.2, 0) is 24.0 Å². The van der Waals surface area contributed by atoms with Gasteiger partial charge in [0.25, 0.3) is 0 Å². The molecule has 1 fully saturated rings. The van der Waals surface area contributed by atoms with Crippen molar-refractivity contribution in [2.45, 2.75) is 70.9 Å². The molecule has 8 heteroatoms. The van der Waals surface area contributed by atoms with Crippen LogP contribution in [0, 0.1) is 6.92 Å². The molecular formula is C27H29N5O2S. The summed E-state index contributed by atoms with van der Waals surface area (Å²) in [6.45, 7) is 2.81. The molecule has 1 aliphatic carbocycles. The highest BCUT2D eigenvalue weighted by Crippen LogP contribution is 2.32. The van der Waals surface area contributed by atoms with E-state index in [2.05, 4.69) is 34.1 Å². The average molecular weight is 488 g/mol. The number of pyridine rings is 1. The van der Waals surface area contributed by atoms with E-state index < -0.39 is 0 Å². The molecule has 5 heterocycles. The number of hydrogen-bond acceptors (Lipinski definition) is 7. The lowest BCUT2D eigenvalue weighted by molar-refractivity contribution is -0.0370. The molecule has 2 aliphatic rings. The number of Topliss-reactive ketones (excluding diaryl/α,β-unsaturated/α-hetero) is 1. The van der Waals surface area contributed by atoms with Crippen LogP contribution in [0.15, 0.2) is 30.9 Å². The second kappa shape index (κ2) is 9.59. The van der Waals surface area contributed by atoms with Gasteiger partial charge in [-0.1, -0.05) is 0 Å². The molecule has 0 bridgehead atoms. The van der Waals surface area contributed by atoms with E-state index >= 15 is 0 Å². The first-order chi connectivity index (χ1) is 17.2. The molecule has 4 aromatic rings. The van der Waals surface area contributed by atoms with Crippen molar-refractivity contribution in [3.63, 3.8) is 0 Å². The molecule has 6 rings (SSSR count). The number of hydrogen-bond donors (Lipinski definition) is 0. The first kappa shape index (κ1) is 22.5. The highest BCUT2D eigenvalue weighted by molar-refractivity contribution is 7.14. The van der Waals surface area contributed by atoms with E-state index in [1.807, 2.05) is 17.1 Å². The number of nitrogens with zero attached hydrogens (tertiary/aromatic N) is 5. The minimum absolute atomic E-state index is 0.0716. The maximum atomic E-state index is 12.9. The Hall–Kier alpha value is -2.97. The highest BCUT2D eigenvalue weighted by Gasteiger charge is 2.22. The van der Waals surface area contributed by atoms with Crippen molar-refractivity contribution in [2.24, 2.45) is 0 Å². The van der Waals surface area contributed by atoms with Gasteiger partial charge in [0, 0.05) is 35.4 Å². The third kappa shape index (κ3) is 4.41. The molecule has 7 nitrogen and oxygen atoms in total. The summed E-state index contributed by atoms with van der Waals surface area (Å²) in [6, 6.07) is 4.23. The molecule has 0 saturated carbocycles. The van der Waals surface area contributed by atoms with Gasteiger partial charge in [0.1, 0.15) is 6.33 Å². The molecule has 1 atom stereocenters. The Labute approximate surface area is 208 Å². The lowest BCUT2D eigenvalue weighted by Crippen LogP contribution is -2.19. The van der Waals surface area contributed by atoms with Crippen molar-refractivity contribution in [1.29, 1.82) is 0 Å². The molecular weight excluding hydrogens is 458 g/mol. The zero-order valence-corrected chi connectivity index (χ0v) is 20.8. The van der Waals surface area contributed by atoms with E-state index in [4.69, 9.17) is 9.72 Å². The first-order valence-corrected chi connectivity index (χ1v) is 13.4. The zero-order valence-electron chi connectivity index (χ0n) is 20.0. The Morgan fingerprint density at radius 3 is 2.86 bits per heavy atom. The number of aromatic nitrogens is 5. The van der Waals surface area contributed by atoms with Crippen molar-refractivity contribution >= 4 is 28.2 Å². The molecule has 0 amide bonds. The summed E-state index contributed by atoms with van der Waals surface area (Å²) in [5.41, 5.74) is 5.95. The monoisotopic (exact) mass is 487 g/mol. The minimum atomic E-state index is -0.0716. The summed E-state index contributed by atoms with van der Waals surface area (Å²) in [5, 5.41) is 5.47. The van der Waals surface area contributed by atoms with Gasteiger partial charge in [-0.2, -0.15) is 5.10 Å². The molecule has 0 radical (unpaired) electrons. The van der Waals surface area contributed by atoms with Crippen molar-refractivity contribution < 1.29 is 9.53 Å². The zero-order chi connectivity index (χ0) is 23.8. The van der Waals surface area contributed by atoms with E-state index in [1.54, 1.807) is 17.7 Å². The van der Waals surface area contributed by atoms with E-state index in [1.165, 1.54) is 23.3 Å². The van der Waals surface area contributed by atoms with Crippen molar-refractivity contribution in [3.8, 4) is 11.3 Å². The van der Waals surface area contributed by atoms with Gasteiger partial charge in [-0.05, 0) is 81.5 Å². The van der Waals surface area contributed by atoms with Crippen molar-refractivity contribution in [3.05, 3.63) is 57.4 Å². The highest BCUT2D eigenvalue weighted by atomic mass is 32.1. The molecule has 0 N–H and O–H groups in total. The third-order valence-electron chi connectivity index (χ3n) is 7.14. The molecule has 0 spiro atoms. The predicted molar refractivity (Wildman–Crippen MR) is 136 cm³/mol. The lowest BCUT2D eigenvalue weighted by atomic mass is 9.98. The predicted octanol–water partition coefficient (Wildman–Crippen LogP) is 5.65. The van der Waals surface area contributed by atoms with Crippen LogP contribution in [0.25, 0.3) is 22.3 Å². The van der Waals surface area contributed by atoms with Crippen LogP contribution in [0.2, 0.25) is 0 Å². The molecule has 1 unspecified atom stereocenters. The molecule has 180 valence electrons. The second-order valence-corrected chi connectivity index (χ2v) is 10.7. The van der Waals surface area contributed by atoms with E-state index in [9.17, 15) is 4.79 Å². The third-order valence-corrected chi connectivity index (χ3v) is 8.42. The summed E-state index contributed by atoms with van der Waals surface area (Å²) >= 11 is 1.69. The molecule has 35 heavy (non-hydrogen) atoms. The largest absolute Gasteiger partial charge is 0.356 e. The summed E-state index contributed by atoms with van der Waals surface area (Å²) < 4.78 is 7.79. The Kier molecular flexibility index (Phi) is 6.16. The number of carbonyl (C=O) groups is 1. The minimum Gasteiger partial charge on any atom is -0.356 e. The fraction of sp³-hybridized carbons (Fsp3) is 0.444. The molecule has 1 saturated heterocycles. The van der Waals surface area contributed by atoms with Crippen LogP contribution < -0.4 is 0 Å². The molecule has 0 aromatic carbocycles. The van der Waals surface area contributed by atoms with Crippen LogP contribution in [0.3, 0.4) is 0 Å². The van der Waals surface area contributed by atoms with Crippen molar-refractivity contribution in [2.75, 3.05) is 6.61 Å². The molecule has 4 aromatic heterocycles. The summed E-state index contributed by atoms with van der Waals surface area (Å²) in [4.78, 5) is 29.0. The van der Waals surface area contributed by atoms with E-state index in [-0.39, 0.29) is 12.0 Å². The number of aryl methyl sites for hydroxylation is 4. The van der Waals surface area contributed by atoms with E-state index in [0.29, 0.717) is 12.8 Å². The fourth-order valence-corrected chi connectivity index (χ4v) is 6.42. The van der Waals surface area contributed by atoms with Crippen LogP contribution in [-0.4, -0.2) is 37.1 Å². The second-order valence-electron chi connectivity index (χ2n) is 9.55. The quantitative estimate of drug-likeness (QED) is 0.327. The van der Waals surface area contributed by atoms with Gasteiger partial charge < -0.3 is 4.74 Å². The van der Waals surface area contributed by atoms with Gasteiger partial charge in [0.15, 0.2) is 17.7 Å². The van der Waals surface area contributed by atoms with Crippen LogP contribution in [0.1, 0.15) is 76.1 Å². The number of fused-ring (bicyclic) bond motifs is 2. The standard InChI is InChI=1S/C27H29N5O2S/c1-17-12-19(26-20-15-31-32(27(20)30-16-29-26)25-8-4-5-11-34-25)14-28-21(17)9-10-22(33)24-13-18-6-2-3-7-23(18)35-24/h12-16,25H,2-11H2,1H3. The fourth-order valence-electron chi connectivity index (χ4n) is 5.20. The topological polar surface area (TPSA) is 82.8 Å². The van der Waals surface area contributed by atoms with Crippen LogP contribution in [0.5, 0.6) is 0 Å². The van der Waals surface area contributed by atoms with Gasteiger partial charge in [-0.3, -0.25) is 9.78 Å². The van der Waals surface area contributed by atoms with E-state index in [0.717, 1.165) is 77.1 Å². The van der Waals surface area contributed by atoms with Gasteiger partial charge in [0.05, 0.1) is 22.2 Å². The normalized spacial score (nSPS) is 18.0. The van der Waals surface area contributed by atoms with Gasteiger partial charge in [-0.25, -0.2) is 14.6 Å². The van der Waals surface area contributed by atoms with Gasteiger partial charge in [0.2, 0.25) is 0 Å². The first-order valence-electron chi connectivity index (χ1n) is 12.6. The van der Waals surface area contributed by atoms with Crippen LogP contribution in [0.4, 0.5) is 0 Å². The lowest BCUT2D eigenvalue weighted by Gasteiger charge is -2.22. The van der Waals surface area contributed by atoms with Crippen molar-refractivity contribution in [1.82, 2.24) is 24.7 Å². The summed E-state index contributed by atoms with van der Waals surface area (Å²) in [6.07, 6.45) is 14.2. The number of thiophene rings is 1. The number of carbonyl (C=O) groups excluding carboxylic acids is 1. The number of ketones is 1. The van der Waals surface area contributed by atoms with Gasteiger partial charge in [-0.15, -0.1) is 11.3 Å². The Morgan fingerprint density at radius 1 is 1.11 bits per heavy atom. The molecule has 1 aliphatic heterocycles. The summed E-state index contributed by atoms with van der Waals surface area (Å²) in [5.74, 6) is 0.226. The summed E-state index contributed by atoms with van der Waals surface area (Å²) in [7, 11) is 0. The maximum absolute atomic E-state index is 12.9. The smallest absolute Gasteiger partial charge is 0.173 e. The number of rotatable bonds is 6. The SMILES string of the molecule is Cc1cc(-c2ncnc3c2cnn3C2CCCCO2)cnc1CCC(=O)c1cc2c(s1)CCCC2. The van der Waals surface area contributed by atoms with Gasteiger partial charge >= 0.3 is 0 Å². The van der Waals surface area contributed by atoms with Crippen LogP contribution >= 0.6 is 11.3 Å². The Morgan fingerprint density at radius 2 is 2.03 bits per heavy atom. The average Bonchev–Trinajstić information content (AvgIpc) is 3.53.